The molecule has 23 heavy (non-hydrogen) atoms. The summed E-state index contributed by atoms with van der Waals surface area (Å²) >= 11 is 1.58. The van der Waals surface area contributed by atoms with Crippen LogP contribution in [0.2, 0.25) is 0 Å². The zero-order chi connectivity index (χ0) is 17.5. The van der Waals surface area contributed by atoms with Gasteiger partial charge >= 0.3 is 6.36 Å². The van der Waals surface area contributed by atoms with Crippen LogP contribution in [0, 0.1) is 0 Å². The van der Waals surface area contributed by atoms with Crippen LogP contribution in [0.4, 0.5) is 13.2 Å². The van der Waals surface area contributed by atoms with Crippen molar-refractivity contribution < 1.29 is 31.1 Å². The Balaban J connectivity index is 2.88. The number of halogens is 3. The molecule has 0 heterocycles. The molecule has 0 saturated carbocycles. The molecule has 1 rings (SSSR count). The minimum Gasteiger partial charge on any atom is -0.404 e. The average molecular weight is 373 g/mol. The van der Waals surface area contributed by atoms with E-state index in [9.17, 15) is 21.6 Å². The molecule has 10 heteroatoms. The van der Waals surface area contributed by atoms with Gasteiger partial charge in [0.25, 0.3) is 0 Å². The second-order valence-corrected chi connectivity index (χ2v) is 7.21. The summed E-state index contributed by atoms with van der Waals surface area (Å²) in [6, 6.07) is 4.58. The second-order valence-electron chi connectivity index (χ2n) is 4.49. The molecule has 0 fully saturated rings. The van der Waals surface area contributed by atoms with Gasteiger partial charge in [0.15, 0.2) is 0 Å². The van der Waals surface area contributed by atoms with E-state index < -0.39 is 27.0 Å². The molecule has 1 aromatic rings. The second kappa shape index (κ2) is 8.76. The lowest BCUT2D eigenvalue weighted by Gasteiger charge is -2.17. The van der Waals surface area contributed by atoms with Gasteiger partial charge in [0, 0.05) is 13.7 Å². The van der Waals surface area contributed by atoms with E-state index in [1.165, 1.54) is 19.2 Å². The van der Waals surface area contributed by atoms with Gasteiger partial charge in [0.2, 0.25) is 10.0 Å². The molecule has 0 spiro atoms. The molecule has 1 N–H and O–H groups in total. The van der Waals surface area contributed by atoms with Gasteiger partial charge in [0.05, 0.1) is 6.10 Å². The summed E-state index contributed by atoms with van der Waals surface area (Å²) in [5.74, 6) is -0.000779. The summed E-state index contributed by atoms with van der Waals surface area (Å²) < 4.78 is 72.7. The fourth-order valence-corrected chi connectivity index (χ4v) is 3.41. The summed E-state index contributed by atoms with van der Waals surface area (Å²) in [5.41, 5.74) is 0. The lowest BCUT2D eigenvalue weighted by molar-refractivity contribution is -0.275. The van der Waals surface area contributed by atoms with Crippen molar-refractivity contribution in [1.29, 1.82) is 0 Å². The molecule has 1 unspecified atom stereocenters. The molecule has 1 atom stereocenters. The van der Waals surface area contributed by atoms with E-state index in [1.54, 1.807) is 11.8 Å². The number of benzene rings is 1. The van der Waals surface area contributed by atoms with E-state index in [0.29, 0.717) is 6.42 Å². The minimum absolute atomic E-state index is 0.0419. The number of ether oxygens (including phenoxy) is 2. The van der Waals surface area contributed by atoms with E-state index in [0.717, 1.165) is 17.9 Å². The highest BCUT2D eigenvalue weighted by Crippen LogP contribution is 2.29. The fourth-order valence-electron chi connectivity index (χ4n) is 1.71. The van der Waals surface area contributed by atoms with Gasteiger partial charge in [-0.15, -0.1) is 13.2 Å². The molecule has 1 aromatic carbocycles. The Bertz CT molecular complexity index is 593. The van der Waals surface area contributed by atoms with Crippen molar-refractivity contribution in [3.63, 3.8) is 0 Å². The Labute approximate surface area is 137 Å². The quantitative estimate of drug-likeness (QED) is 0.721. The summed E-state index contributed by atoms with van der Waals surface area (Å²) in [6.45, 7) is -0.0419. The Kier molecular flexibility index (Phi) is 7.65. The zero-order valence-electron chi connectivity index (χ0n) is 12.6. The van der Waals surface area contributed by atoms with Gasteiger partial charge in [-0.2, -0.15) is 11.8 Å². The Morgan fingerprint density at radius 2 is 1.96 bits per heavy atom. The van der Waals surface area contributed by atoms with Crippen LogP contribution in [0.5, 0.6) is 5.75 Å². The van der Waals surface area contributed by atoms with Crippen LogP contribution < -0.4 is 9.46 Å². The van der Waals surface area contributed by atoms with Crippen LogP contribution in [0.3, 0.4) is 0 Å². The molecule has 0 saturated heterocycles. The van der Waals surface area contributed by atoms with E-state index in [-0.39, 0.29) is 12.6 Å². The molecular weight excluding hydrogens is 355 g/mol. The molecule has 0 aliphatic heterocycles. The normalized spacial score (nSPS) is 13.8. The Hall–Kier alpha value is -0.970. The maximum Gasteiger partial charge on any atom is 0.573 e. The monoisotopic (exact) mass is 373 g/mol. The van der Waals surface area contributed by atoms with Crippen LogP contribution in [0.1, 0.15) is 6.42 Å². The number of alkyl halides is 3. The fraction of sp³-hybridized carbons (Fsp3) is 0.538. The number of para-hydroxylation sites is 1. The summed E-state index contributed by atoms with van der Waals surface area (Å²) in [5, 5.41) is 0. The average Bonchev–Trinajstić information content (AvgIpc) is 2.46. The number of methoxy groups -OCH3 is 1. The summed E-state index contributed by atoms with van der Waals surface area (Å²) in [4.78, 5) is -0.572. The van der Waals surface area contributed by atoms with Crippen LogP contribution in [0.15, 0.2) is 29.2 Å². The van der Waals surface area contributed by atoms with E-state index in [1.807, 2.05) is 6.26 Å². The third-order valence-corrected chi connectivity index (χ3v) is 4.95. The molecule has 0 amide bonds. The first-order valence-corrected chi connectivity index (χ1v) is 9.43. The highest BCUT2D eigenvalue weighted by Gasteiger charge is 2.34. The third kappa shape index (κ3) is 6.98. The standard InChI is InChI=1S/C13H18F3NO4S2/c1-20-10(7-8-22-2)9-17-23(18,19)12-6-4-3-5-11(12)21-13(14,15)16/h3-6,10,17H,7-9H2,1-2H3. The molecule has 0 aliphatic rings. The number of sulfonamides is 1. The largest absolute Gasteiger partial charge is 0.573 e. The van der Waals surface area contributed by atoms with Crippen LogP contribution in [-0.4, -0.2) is 46.5 Å². The number of nitrogens with one attached hydrogen (secondary N) is 1. The summed E-state index contributed by atoms with van der Waals surface area (Å²) in [7, 11) is -2.71. The van der Waals surface area contributed by atoms with Crippen molar-refractivity contribution in [3.8, 4) is 5.75 Å². The van der Waals surface area contributed by atoms with Gasteiger partial charge in [-0.1, -0.05) is 12.1 Å². The topological polar surface area (TPSA) is 64.6 Å². The molecule has 0 radical (unpaired) electrons. The predicted octanol–water partition coefficient (Wildman–Crippen LogP) is 2.63. The molecule has 0 bridgehead atoms. The van der Waals surface area contributed by atoms with Crippen molar-refractivity contribution in [2.24, 2.45) is 0 Å². The number of thioether (sulfide) groups is 1. The first-order chi connectivity index (χ1) is 10.7. The van der Waals surface area contributed by atoms with Crippen LogP contribution in [0.25, 0.3) is 0 Å². The summed E-state index contributed by atoms with van der Waals surface area (Å²) in [6.07, 6.45) is -2.82. The van der Waals surface area contributed by atoms with Crippen molar-refractivity contribution in [1.82, 2.24) is 4.72 Å². The molecule has 0 aliphatic carbocycles. The van der Waals surface area contributed by atoms with Crippen molar-refractivity contribution in [2.45, 2.75) is 23.8 Å². The molecular formula is C13H18F3NO4S2. The van der Waals surface area contributed by atoms with Gasteiger partial charge in [-0.25, -0.2) is 13.1 Å². The van der Waals surface area contributed by atoms with Gasteiger partial charge in [-0.05, 0) is 30.6 Å². The highest BCUT2D eigenvalue weighted by molar-refractivity contribution is 7.98. The van der Waals surface area contributed by atoms with Gasteiger partial charge < -0.3 is 9.47 Å². The predicted molar refractivity (Wildman–Crippen MR) is 82.1 cm³/mol. The SMILES string of the molecule is COC(CCSC)CNS(=O)(=O)c1ccccc1OC(F)(F)F. The number of hydrogen-bond donors (Lipinski definition) is 1. The van der Waals surface area contributed by atoms with Crippen molar-refractivity contribution >= 4 is 21.8 Å². The zero-order valence-corrected chi connectivity index (χ0v) is 14.2. The maximum atomic E-state index is 12.4. The third-order valence-electron chi connectivity index (χ3n) is 2.84. The van der Waals surface area contributed by atoms with E-state index in [2.05, 4.69) is 9.46 Å². The maximum absolute atomic E-state index is 12.4. The first-order valence-electron chi connectivity index (χ1n) is 6.56. The molecule has 5 nitrogen and oxygen atoms in total. The van der Waals surface area contributed by atoms with E-state index >= 15 is 0 Å². The molecule has 0 aromatic heterocycles. The van der Waals surface area contributed by atoms with Crippen molar-refractivity contribution in [2.75, 3.05) is 25.7 Å². The van der Waals surface area contributed by atoms with Gasteiger partial charge in [-0.3, -0.25) is 0 Å². The lowest BCUT2D eigenvalue weighted by atomic mass is 10.3. The minimum atomic E-state index is -4.97. The van der Waals surface area contributed by atoms with Crippen LogP contribution in [-0.2, 0) is 14.8 Å². The van der Waals surface area contributed by atoms with E-state index in [4.69, 9.17) is 4.74 Å². The van der Waals surface area contributed by atoms with Crippen molar-refractivity contribution in [3.05, 3.63) is 24.3 Å². The smallest absolute Gasteiger partial charge is 0.404 e. The van der Waals surface area contributed by atoms with Crippen LogP contribution >= 0.6 is 11.8 Å². The Morgan fingerprint density at radius 3 is 2.52 bits per heavy atom. The van der Waals surface area contributed by atoms with Gasteiger partial charge in [0.1, 0.15) is 10.6 Å². The first kappa shape index (κ1) is 20.1. The lowest BCUT2D eigenvalue weighted by Crippen LogP contribution is -2.34. The number of hydrogen-bond acceptors (Lipinski definition) is 5. The molecule has 132 valence electrons. The Morgan fingerprint density at radius 1 is 1.30 bits per heavy atom. The number of rotatable bonds is 9. The highest BCUT2D eigenvalue weighted by atomic mass is 32.2.